The van der Waals surface area contributed by atoms with Gasteiger partial charge in [-0.15, -0.1) is 5.10 Å². The van der Waals surface area contributed by atoms with E-state index < -0.39 is 0 Å². The highest BCUT2D eigenvalue weighted by Gasteiger charge is 2.20. The molecule has 0 saturated heterocycles. The lowest BCUT2D eigenvalue weighted by atomic mass is 9.93. The first-order chi connectivity index (χ1) is 13.1. The SMILES string of the molecule is CN(C)c1ccc(Nc2nc3cccc(N[C@H]4CC[C@@H](O)CC4)n3n2)cn1. The molecule has 0 atom stereocenters. The summed E-state index contributed by atoms with van der Waals surface area (Å²) in [6, 6.07) is 10.2. The third-order valence-corrected chi connectivity index (χ3v) is 4.87. The Balaban J connectivity index is 1.51. The molecular weight excluding hydrogens is 342 g/mol. The van der Waals surface area contributed by atoms with Crippen LogP contribution in [-0.2, 0) is 0 Å². The third-order valence-electron chi connectivity index (χ3n) is 4.87. The molecule has 3 aromatic heterocycles. The number of nitrogens with one attached hydrogen (secondary N) is 2. The van der Waals surface area contributed by atoms with E-state index in [1.165, 1.54) is 0 Å². The molecule has 8 nitrogen and oxygen atoms in total. The van der Waals surface area contributed by atoms with Gasteiger partial charge in [0.1, 0.15) is 11.6 Å². The van der Waals surface area contributed by atoms with Crippen LogP contribution in [0.1, 0.15) is 25.7 Å². The van der Waals surface area contributed by atoms with E-state index in [1.807, 2.05) is 53.8 Å². The summed E-state index contributed by atoms with van der Waals surface area (Å²) in [4.78, 5) is 10.9. The largest absolute Gasteiger partial charge is 0.393 e. The van der Waals surface area contributed by atoms with Crippen LogP contribution in [0, 0.1) is 0 Å². The van der Waals surface area contributed by atoms with Crippen LogP contribution in [0.25, 0.3) is 5.65 Å². The van der Waals surface area contributed by atoms with Crippen molar-refractivity contribution < 1.29 is 5.11 Å². The summed E-state index contributed by atoms with van der Waals surface area (Å²) >= 11 is 0. The van der Waals surface area contributed by atoms with Gasteiger partial charge in [0.2, 0.25) is 5.95 Å². The van der Waals surface area contributed by atoms with E-state index in [0.29, 0.717) is 12.0 Å². The lowest BCUT2D eigenvalue weighted by Gasteiger charge is -2.26. The molecule has 0 spiro atoms. The standard InChI is InChI=1S/C19H25N7O/c1-25(2)16-11-8-14(12-20-16)22-19-23-18-5-3-4-17(26(18)24-19)21-13-6-9-15(27)10-7-13/h3-5,8,11-13,15,21,27H,6-7,9-10H2,1-2H3,(H,22,24)/t13-,15+. The van der Waals surface area contributed by atoms with E-state index in [-0.39, 0.29) is 6.10 Å². The Morgan fingerprint density at radius 2 is 1.93 bits per heavy atom. The van der Waals surface area contributed by atoms with Gasteiger partial charge in [-0.2, -0.15) is 9.50 Å². The number of anilines is 4. The van der Waals surface area contributed by atoms with Gasteiger partial charge in [-0.05, 0) is 49.9 Å². The number of hydrogen-bond acceptors (Lipinski definition) is 7. The summed E-state index contributed by atoms with van der Waals surface area (Å²) in [6.45, 7) is 0. The van der Waals surface area contributed by atoms with Gasteiger partial charge in [-0.1, -0.05) is 6.07 Å². The first kappa shape index (κ1) is 17.5. The van der Waals surface area contributed by atoms with Gasteiger partial charge in [0.15, 0.2) is 5.65 Å². The predicted molar refractivity (Wildman–Crippen MR) is 107 cm³/mol. The normalized spacial score (nSPS) is 19.8. The van der Waals surface area contributed by atoms with Gasteiger partial charge in [0.25, 0.3) is 0 Å². The van der Waals surface area contributed by atoms with Crippen molar-refractivity contribution in [3.05, 3.63) is 36.5 Å². The summed E-state index contributed by atoms with van der Waals surface area (Å²) < 4.78 is 1.81. The van der Waals surface area contributed by atoms with E-state index in [0.717, 1.165) is 48.7 Å². The summed E-state index contributed by atoms with van der Waals surface area (Å²) in [5, 5.41) is 21.0. The molecule has 1 aliphatic rings. The average Bonchev–Trinajstić information content (AvgIpc) is 3.07. The van der Waals surface area contributed by atoms with E-state index in [1.54, 1.807) is 6.20 Å². The van der Waals surface area contributed by atoms with Gasteiger partial charge in [0.05, 0.1) is 18.0 Å². The number of nitrogens with zero attached hydrogens (tertiary/aromatic N) is 5. The third kappa shape index (κ3) is 3.95. The Hall–Kier alpha value is -2.87. The smallest absolute Gasteiger partial charge is 0.247 e. The summed E-state index contributed by atoms with van der Waals surface area (Å²) in [5.74, 6) is 2.34. The minimum Gasteiger partial charge on any atom is -0.393 e. The molecule has 3 N–H and O–H groups in total. The molecule has 142 valence electrons. The van der Waals surface area contributed by atoms with Crippen LogP contribution in [0.2, 0.25) is 0 Å². The molecule has 1 saturated carbocycles. The average molecular weight is 367 g/mol. The minimum absolute atomic E-state index is 0.159. The second kappa shape index (κ2) is 7.40. The van der Waals surface area contributed by atoms with Crippen LogP contribution in [-0.4, -0.2) is 50.9 Å². The Bertz CT molecular complexity index is 898. The van der Waals surface area contributed by atoms with Gasteiger partial charge in [-0.3, -0.25) is 0 Å². The van der Waals surface area contributed by atoms with Crippen molar-refractivity contribution in [3.8, 4) is 0 Å². The van der Waals surface area contributed by atoms with Crippen molar-refractivity contribution >= 4 is 28.9 Å². The van der Waals surface area contributed by atoms with Gasteiger partial charge >= 0.3 is 0 Å². The number of pyridine rings is 2. The molecule has 0 radical (unpaired) electrons. The van der Waals surface area contributed by atoms with Gasteiger partial charge in [0, 0.05) is 20.1 Å². The highest BCUT2D eigenvalue weighted by molar-refractivity contribution is 5.58. The van der Waals surface area contributed by atoms with E-state index in [2.05, 4.69) is 25.7 Å². The lowest BCUT2D eigenvalue weighted by molar-refractivity contribution is 0.126. The van der Waals surface area contributed by atoms with Crippen molar-refractivity contribution in [2.24, 2.45) is 0 Å². The Morgan fingerprint density at radius 3 is 2.63 bits per heavy atom. The fraction of sp³-hybridized carbons (Fsp3) is 0.421. The van der Waals surface area contributed by atoms with Crippen LogP contribution in [0.15, 0.2) is 36.5 Å². The molecule has 0 unspecified atom stereocenters. The quantitative estimate of drug-likeness (QED) is 0.639. The second-order valence-corrected chi connectivity index (χ2v) is 7.19. The van der Waals surface area contributed by atoms with Crippen LogP contribution in [0.3, 0.4) is 0 Å². The highest BCUT2D eigenvalue weighted by Crippen LogP contribution is 2.23. The summed E-state index contributed by atoms with van der Waals surface area (Å²) in [5.41, 5.74) is 1.61. The highest BCUT2D eigenvalue weighted by atomic mass is 16.3. The molecule has 0 aliphatic heterocycles. The Kier molecular flexibility index (Phi) is 4.81. The monoisotopic (exact) mass is 367 g/mol. The molecule has 0 bridgehead atoms. The van der Waals surface area contributed by atoms with E-state index >= 15 is 0 Å². The molecule has 1 aliphatic carbocycles. The fourth-order valence-corrected chi connectivity index (χ4v) is 3.35. The molecule has 0 amide bonds. The number of aromatic nitrogens is 4. The molecule has 8 heteroatoms. The Morgan fingerprint density at radius 1 is 1.11 bits per heavy atom. The first-order valence-corrected chi connectivity index (χ1v) is 9.29. The predicted octanol–water partition coefficient (Wildman–Crippen LogP) is 2.65. The number of aliphatic hydroxyl groups is 1. The Labute approximate surface area is 158 Å². The van der Waals surface area contributed by atoms with Crippen LogP contribution in [0.4, 0.5) is 23.3 Å². The maximum absolute atomic E-state index is 9.68. The number of hydrogen-bond donors (Lipinski definition) is 3. The van der Waals surface area contributed by atoms with Crippen molar-refractivity contribution in [2.45, 2.75) is 37.8 Å². The summed E-state index contributed by atoms with van der Waals surface area (Å²) in [6.07, 6.45) is 5.21. The second-order valence-electron chi connectivity index (χ2n) is 7.19. The molecule has 0 aromatic carbocycles. The number of rotatable bonds is 5. The van der Waals surface area contributed by atoms with Crippen molar-refractivity contribution in [1.82, 2.24) is 19.6 Å². The van der Waals surface area contributed by atoms with Gasteiger partial charge < -0.3 is 20.6 Å². The van der Waals surface area contributed by atoms with Crippen molar-refractivity contribution in [1.29, 1.82) is 0 Å². The number of fused-ring (bicyclic) bond motifs is 1. The topological polar surface area (TPSA) is 90.6 Å². The number of aliphatic hydroxyl groups excluding tert-OH is 1. The molecule has 3 aromatic rings. The van der Waals surface area contributed by atoms with Crippen LogP contribution in [0.5, 0.6) is 0 Å². The lowest BCUT2D eigenvalue weighted by Crippen LogP contribution is -2.29. The first-order valence-electron chi connectivity index (χ1n) is 9.29. The zero-order valence-electron chi connectivity index (χ0n) is 15.6. The fourth-order valence-electron chi connectivity index (χ4n) is 3.35. The summed E-state index contributed by atoms with van der Waals surface area (Å²) in [7, 11) is 3.92. The molecular formula is C19H25N7O. The maximum atomic E-state index is 9.68. The maximum Gasteiger partial charge on any atom is 0.247 e. The zero-order chi connectivity index (χ0) is 18.8. The van der Waals surface area contributed by atoms with Crippen molar-refractivity contribution in [3.63, 3.8) is 0 Å². The zero-order valence-corrected chi connectivity index (χ0v) is 15.6. The van der Waals surface area contributed by atoms with Crippen LogP contribution < -0.4 is 15.5 Å². The van der Waals surface area contributed by atoms with Gasteiger partial charge in [-0.25, -0.2) is 4.98 Å². The molecule has 1 fully saturated rings. The molecule has 27 heavy (non-hydrogen) atoms. The molecule has 4 rings (SSSR count). The molecule has 3 heterocycles. The van der Waals surface area contributed by atoms with Crippen molar-refractivity contribution in [2.75, 3.05) is 29.6 Å². The van der Waals surface area contributed by atoms with E-state index in [4.69, 9.17) is 0 Å². The minimum atomic E-state index is -0.159. The van der Waals surface area contributed by atoms with E-state index in [9.17, 15) is 5.11 Å². The van der Waals surface area contributed by atoms with Crippen LogP contribution >= 0.6 is 0 Å².